The zero-order valence-electron chi connectivity index (χ0n) is 11.2. The summed E-state index contributed by atoms with van der Waals surface area (Å²) in [7, 11) is 0. The standard InChI is InChI=1S/C14H16ClFN2O2.ClH/c15-9-3-1-2-8(12(9)16)6-17-13(20)10-4-14(7-19)5-11(14)18-10;/h1-3,10-11,18-19H,4-7H2,(H,17,20);1H/t10-,11+,14-;/m0./s1. The lowest BCUT2D eigenvalue weighted by molar-refractivity contribution is -0.123. The van der Waals surface area contributed by atoms with E-state index >= 15 is 0 Å². The highest BCUT2D eigenvalue weighted by molar-refractivity contribution is 6.30. The third-order valence-corrected chi connectivity index (χ3v) is 4.61. The predicted octanol–water partition coefficient (Wildman–Crippen LogP) is 1.63. The zero-order chi connectivity index (χ0) is 14.3. The molecule has 0 spiro atoms. The Kier molecular flexibility index (Phi) is 4.78. The second-order valence-electron chi connectivity index (χ2n) is 5.63. The molecule has 4 nitrogen and oxygen atoms in total. The first-order chi connectivity index (χ1) is 9.55. The largest absolute Gasteiger partial charge is 0.396 e. The number of benzene rings is 1. The number of hydrogen-bond acceptors (Lipinski definition) is 3. The second-order valence-corrected chi connectivity index (χ2v) is 6.04. The van der Waals surface area contributed by atoms with E-state index in [-0.39, 0.29) is 54.0 Å². The molecular formula is C14H17Cl2FN2O2. The molecule has 1 saturated heterocycles. The first kappa shape index (κ1) is 16.5. The van der Waals surface area contributed by atoms with Crippen molar-refractivity contribution in [2.45, 2.75) is 31.5 Å². The normalized spacial score (nSPS) is 29.5. The van der Waals surface area contributed by atoms with Crippen molar-refractivity contribution in [2.75, 3.05) is 6.61 Å². The van der Waals surface area contributed by atoms with Crippen molar-refractivity contribution in [3.63, 3.8) is 0 Å². The Morgan fingerprint density at radius 2 is 2.29 bits per heavy atom. The van der Waals surface area contributed by atoms with Gasteiger partial charge in [-0.15, -0.1) is 12.4 Å². The van der Waals surface area contributed by atoms with E-state index in [1.54, 1.807) is 12.1 Å². The lowest BCUT2D eigenvalue weighted by atomic mass is 10.0. The van der Waals surface area contributed by atoms with E-state index in [9.17, 15) is 14.3 Å². The molecule has 3 atom stereocenters. The number of fused-ring (bicyclic) bond motifs is 1. The first-order valence-electron chi connectivity index (χ1n) is 6.63. The van der Waals surface area contributed by atoms with Crippen LogP contribution in [0.1, 0.15) is 18.4 Å². The lowest BCUT2D eigenvalue weighted by Crippen LogP contribution is -2.42. The third-order valence-electron chi connectivity index (χ3n) is 4.32. The molecule has 3 rings (SSSR count). The van der Waals surface area contributed by atoms with Gasteiger partial charge in [-0.25, -0.2) is 4.39 Å². The molecule has 1 amide bonds. The fraction of sp³-hybridized carbons (Fsp3) is 0.500. The summed E-state index contributed by atoms with van der Waals surface area (Å²) in [5.41, 5.74) is 0.259. The molecule has 1 aromatic carbocycles. The van der Waals surface area contributed by atoms with Crippen LogP contribution in [-0.2, 0) is 11.3 Å². The number of aliphatic hydroxyl groups excluding tert-OH is 1. The van der Waals surface area contributed by atoms with Crippen molar-refractivity contribution in [3.8, 4) is 0 Å². The van der Waals surface area contributed by atoms with Gasteiger partial charge in [0.15, 0.2) is 0 Å². The van der Waals surface area contributed by atoms with E-state index in [4.69, 9.17) is 11.6 Å². The number of aliphatic hydroxyl groups is 1. The van der Waals surface area contributed by atoms with E-state index in [1.165, 1.54) is 6.07 Å². The molecule has 1 aromatic rings. The van der Waals surface area contributed by atoms with Gasteiger partial charge in [0.05, 0.1) is 17.7 Å². The summed E-state index contributed by atoms with van der Waals surface area (Å²) in [5.74, 6) is -0.659. The zero-order valence-corrected chi connectivity index (χ0v) is 12.8. The Hall–Kier alpha value is -0.880. The number of amides is 1. The Bertz CT molecular complexity index is 554. The molecule has 3 N–H and O–H groups in total. The molecule has 2 fully saturated rings. The van der Waals surface area contributed by atoms with Crippen LogP contribution in [0.4, 0.5) is 4.39 Å². The Labute approximate surface area is 133 Å². The van der Waals surface area contributed by atoms with Gasteiger partial charge in [0, 0.05) is 23.6 Å². The molecule has 116 valence electrons. The Morgan fingerprint density at radius 1 is 1.52 bits per heavy atom. The molecule has 7 heteroatoms. The molecule has 1 heterocycles. The minimum absolute atomic E-state index is 0. The Balaban J connectivity index is 0.00000161. The van der Waals surface area contributed by atoms with Gasteiger partial charge in [-0.05, 0) is 18.9 Å². The maximum Gasteiger partial charge on any atom is 0.237 e. The quantitative estimate of drug-likeness (QED) is 0.784. The van der Waals surface area contributed by atoms with Gasteiger partial charge >= 0.3 is 0 Å². The number of piperidine rings is 1. The smallest absolute Gasteiger partial charge is 0.237 e. The van der Waals surface area contributed by atoms with E-state index in [0.29, 0.717) is 12.0 Å². The number of carbonyl (C=O) groups is 1. The van der Waals surface area contributed by atoms with E-state index in [1.807, 2.05) is 0 Å². The maximum absolute atomic E-state index is 13.7. The van der Waals surface area contributed by atoms with Crippen LogP contribution in [0.3, 0.4) is 0 Å². The lowest BCUT2D eigenvalue weighted by Gasteiger charge is -2.15. The van der Waals surface area contributed by atoms with Crippen LogP contribution >= 0.6 is 24.0 Å². The number of carbonyl (C=O) groups excluding carboxylic acids is 1. The van der Waals surface area contributed by atoms with Crippen molar-refractivity contribution >= 4 is 29.9 Å². The molecule has 1 aliphatic heterocycles. The van der Waals surface area contributed by atoms with Crippen molar-refractivity contribution < 1.29 is 14.3 Å². The SMILES string of the molecule is Cl.O=C(NCc1cccc(Cl)c1F)[C@@H]1C[C@@]2(CO)C[C@H]2N1. The molecule has 21 heavy (non-hydrogen) atoms. The molecular weight excluding hydrogens is 318 g/mol. The van der Waals surface area contributed by atoms with Gasteiger partial charge in [-0.3, -0.25) is 4.79 Å². The molecule has 0 radical (unpaired) electrons. The summed E-state index contributed by atoms with van der Waals surface area (Å²) in [6.45, 7) is 0.220. The number of nitrogens with one attached hydrogen (secondary N) is 2. The maximum atomic E-state index is 13.7. The summed E-state index contributed by atoms with van der Waals surface area (Å²) in [6.07, 6.45) is 1.56. The van der Waals surface area contributed by atoms with E-state index in [0.717, 1.165) is 6.42 Å². The number of hydrogen-bond donors (Lipinski definition) is 3. The van der Waals surface area contributed by atoms with Gasteiger partial charge < -0.3 is 15.7 Å². The van der Waals surface area contributed by atoms with Crippen LogP contribution in [0, 0.1) is 11.2 Å². The topological polar surface area (TPSA) is 61.4 Å². The van der Waals surface area contributed by atoms with Crippen LogP contribution in [0.2, 0.25) is 5.02 Å². The number of rotatable bonds is 4. The molecule has 0 aromatic heterocycles. The molecule has 1 saturated carbocycles. The summed E-state index contributed by atoms with van der Waals surface area (Å²) in [6, 6.07) is 4.65. The Morgan fingerprint density at radius 3 is 2.95 bits per heavy atom. The fourth-order valence-corrected chi connectivity index (χ4v) is 3.11. The van der Waals surface area contributed by atoms with Gasteiger partial charge in [0.2, 0.25) is 5.91 Å². The van der Waals surface area contributed by atoms with Crippen LogP contribution in [0.15, 0.2) is 18.2 Å². The van der Waals surface area contributed by atoms with Gasteiger partial charge in [-0.1, -0.05) is 23.7 Å². The van der Waals surface area contributed by atoms with Crippen LogP contribution < -0.4 is 10.6 Å². The van der Waals surface area contributed by atoms with Crippen LogP contribution in [0.25, 0.3) is 0 Å². The second kappa shape index (κ2) is 6.08. The first-order valence-corrected chi connectivity index (χ1v) is 7.01. The predicted molar refractivity (Wildman–Crippen MR) is 80.0 cm³/mol. The summed E-state index contributed by atoms with van der Waals surface area (Å²) < 4.78 is 13.7. The van der Waals surface area contributed by atoms with Crippen molar-refractivity contribution in [1.29, 1.82) is 0 Å². The monoisotopic (exact) mass is 334 g/mol. The summed E-state index contributed by atoms with van der Waals surface area (Å²) in [5, 5.41) is 15.3. The summed E-state index contributed by atoms with van der Waals surface area (Å²) in [4.78, 5) is 12.0. The highest BCUT2D eigenvalue weighted by Crippen LogP contribution is 2.53. The van der Waals surface area contributed by atoms with Crippen LogP contribution in [0.5, 0.6) is 0 Å². The highest BCUT2D eigenvalue weighted by atomic mass is 35.5. The molecule has 0 bridgehead atoms. The average molecular weight is 335 g/mol. The van der Waals surface area contributed by atoms with Gasteiger partial charge in [0.1, 0.15) is 5.82 Å². The van der Waals surface area contributed by atoms with E-state index < -0.39 is 5.82 Å². The fourth-order valence-electron chi connectivity index (χ4n) is 2.92. The van der Waals surface area contributed by atoms with Crippen LogP contribution in [-0.4, -0.2) is 29.7 Å². The van der Waals surface area contributed by atoms with Gasteiger partial charge in [-0.2, -0.15) is 0 Å². The molecule has 1 aliphatic carbocycles. The minimum Gasteiger partial charge on any atom is -0.396 e. The van der Waals surface area contributed by atoms with Crippen molar-refractivity contribution in [2.24, 2.45) is 5.41 Å². The average Bonchev–Trinajstić information content (AvgIpc) is 3.02. The van der Waals surface area contributed by atoms with Gasteiger partial charge in [0.25, 0.3) is 0 Å². The van der Waals surface area contributed by atoms with Crippen molar-refractivity contribution in [1.82, 2.24) is 10.6 Å². The highest BCUT2D eigenvalue weighted by Gasteiger charge is 2.61. The van der Waals surface area contributed by atoms with E-state index in [2.05, 4.69) is 10.6 Å². The number of halogens is 3. The van der Waals surface area contributed by atoms with Crippen molar-refractivity contribution in [3.05, 3.63) is 34.6 Å². The third kappa shape index (κ3) is 3.01. The molecule has 0 unspecified atom stereocenters. The summed E-state index contributed by atoms with van der Waals surface area (Å²) >= 11 is 5.69. The molecule has 2 aliphatic rings. The minimum atomic E-state index is -0.497.